The molecule has 7 nitrogen and oxygen atoms in total. The molecule has 144 valence electrons. The summed E-state index contributed by atoms with van der Waals surface area (Å²) in [5.74, 6) is -0.868. The van der Waals surface area contributed by atoms with E-state index in [0.29, 0.717) is 13.0 Å². The van der Waals surface area contributed by atoms with Gasteiger partial charge in [-0.15, -0.1) is 0 Å². The van der Waals surface area contributed by atoms with Gasteiger partial charge in [0.1, 0.15) is 6.04 Å². The summed E-state index contributed by atoms with van der Waals surface area (Å²) in [6.45, 7) is 0.320. The van der Waals surface area contributed by atoms with Gasteiger partial charge in [0.05, 0.1) is 12.7 Å². The summed E-state index contributed by atoms with van der Waals surface area (Å²) >= 11 is 0. The second kappa shape index (κ2) is 8.06. The molecule has 1 aliphatic rings. The first-order chi connectivity index (χ1) is 12.9. The van der Waals surface area contributed by atoms with Gasteiger partial charge in [-0.3, -0.25) is 20.4 Å². The van der Waals surface area contributed by atoms with Crippen molar-refractivity contribution >= 4 is 32.6 Å². The Balaban J connectivity index is 1.62. The van der Waals surface area contributed by atoms with E-state index in [1.807, 2.05) is 42.5 Å². The number of piperidine rings is 1. The molecule has 1 unspecified atom stereocenters. The highest BCUT2D eigenvalue weighted by atomic mass is 32.2. The third-order valence-electron chi connectivity index (χ3n) is 4.74. The molecule has 3 rings (SSSR count). The van der Waals surface area contributed by atoms with Gasteiger partial charge in [-0.1, -0.05) is 48.9 Å². The van der Waals surface area contributed by atoms with E-state index in [1.165, 1.54) is 4.31 Å². The number of carbonyl (C=O) groups is 2. The molecule has 27 heavy (non-hydrogen) atoms. The second-order valence-electron chi connectivity index (χ2n) is 6.74. The van der Waals surface area contributed by atoms with Gasteiger partial charge in [-0.25, -0.2) is 8.42 Å². The Bertz CT molecular complexity index is 953. The fourth-order valence-electron chi connectivity index (χ4n) is 3.44. The van der Waals surface area contributed by atoms with Crippen molar-refractivity contribution in [3.63, 3.8) is 0 Å². The molecule has 2 amide bonds. The first-order valence-corrected chi connectivity index (χ1v) is 10.7. The number of rotatable bonds is 4. The zero-order valence-corrected chi connectivity index (χ0v) is 16.0. The van der Waals surface area contributed by atoms with Crippen LogP contribution in [0.2, 0.25) is 0 Å². The number of fused-ring (bicyclic) bond motifs is 1. The Morgan fingerprint density at radius 1 is 1.07 bits per heavy atom. The summed E-state index contributed by atoms with van der Waals surface area (Å²) < 4.78 is 24.9. The molecule has 2 N–H and O–H groups in total. The van der Waals surface area contributed by atoms with Crippen LogP contribution in [0.5, 0.6) is 0 Å². The molecule has 0 saturated carbocycles. The van der Waals surface area contributed by atoms with Crippen LogP contribution in [-0.2, 0) is 26.0 Å². The molecule has 0 aliphatic carbocycles. The number of nitrogens with zero attached hydrogens (tertiary/aromatic N) is 1. The number of hydrogen-bond donors (Lipinski definition) is 2. The molecule has 0 bridgehead atoms. The molecule has 1 fully saturated rings. The van der Waals surface area contributed by atoms with Crippen molar-refractivity contribution in [1.82, 2.24) is 15.2 Å². The van der Waals surface area contributed by atoms with Gasteiger partial charge >= 0.3 is 0 Å². The predicted molar refractivity (Wildman–Crippen MR) is 103 cm³/mol. The lowest BCUT2D eigenvalue weighted by Gasteiger charge is -2.32. The quantitative estimate of drug-likeness (QED) is 0.772. The third-order valence-corrected chi connectivity index (χ3v) is 6.03. The van der Waals surface area contributed by atoms with Gasteiger partial charge in [-0.05, 0) is 29.2 Å². The van der Waals surface area contributed by atoms with Crippen molar-refractivity contribution in [3.05, 3.63) is 48.0 Å². The Morgan fingerprint density at radius 2 is 1.81 bits per heavy atom. The molecule has 0 spiro atoms. The smallest absolute Gasteiger partial charge is 0.256 e. The first kappa shape index (κ1) is 19.3. The maximum Gasteiger partial charge on any atom is 0.256 e. The minimum atomic E-state index is -3.47. The van der Waals surface area contributed by atoms with Crippen LogP contribution in [-0.4, -0.2) is 43.4 Å². The van der Waals surface area contributed by atoms with Crippen LogP contribution in [0, 0.1) is 0 Å². The van der Waals surface area contributed by atoms with Crippen molar-refractivity contribution < 1.29 is 18.0 Å². The van der Waals surface area contributed by atoms with Gasteiger partial charge in [0, 0.05) is 6.54 Å². The number of amides is 2. The van der Waals surface area contributed by atoms with Crippen molar-refractivity contribution in [2.75, 3.05) is 12.8 Å². The van der Waals surface area contributed by atoms with E-state index in [2.05, 4.69) is 10.9 Å². The van der Waals surface area contributed by atoms with Crippen LogP contribution < -0.4 is 10.9 Å². The van der Waals surface area contributed by atoms with Crippen molar-refractivity contribution in [2.45, 2.75) is 31.7 Å². The highest BCUT2D eigenvalue weighted by molar-refractivity contribution is 7.88. The molecule has 1 heterocycles. The summed E-state index contributed by atoms with van der Waals surface area (Å²) in [6, 6.07) is 12.7. The molecular weight excluding hydrogens is 366 g/mol. The largest absolute Gasteiger partial charge is 0.273 e. The Labute approximate surface area is 158 Å². The monoisotopic (exact) mass is 389 g/mol. The maximum absolute atomic E-state index is 12.4. The number of hydrogen-bond acceptors (Lipinski definition) is 4. The van der Waals surface area contributed by atoms with E-state index in [0.717, 1.165) is 35.4 Å². The molecule has 0 radical (unpaired) electrons. The van der Waals surface area contributed by atoms with Crippen LogP contribution >= 0.6 is 0 Å². The molecule has 1 aliphatic heterocycles. The Kier molecular flexibility index (Phi) is 5.76. The summed E-state index contributed by atoms with van der Waals surface area (Å²) in [6.07, 6.45) is 3.15. The molecule has 0 aromatic heterocycles. The van der Waals surface area contributed by atoms with E-state index in [1.54, 1.807) is 0 Å². The molecule has 1 saturated heterocycles. The van der Waals surface area contributed by atoms with E-state index in [4.69, 9.17) is 0 Å². The lowest BCUT2D eigenvalue weighted by molar-refractivity contribution is -0.131. The summed E-state index contributed by atoms with van der Waals surface area (Å²) in [5, 5.41) is 2.02. The normalized spacial score (nSPS) is 18.2. The minimum Gasteiger partial charge on any atom is -0.273 e. The standard InChI is InChI=1S/C19H23N3O4S/c1-27(25,26)22-12-5-4-11-17(22)19(24)21-20-18(23)13-15-9-6-8-14-7-2-3-10-16(14)15/h2-3,6-10,17H,4-5,11-13H2,1H3,(H,20,23)(H,21,24). The SMILES string of the molecule is CS(=O)(=O)N1CCCCC1C(=O)NNC(=O)Cc1cccc2ccccc12. The van der Waals surface area contributed by atoms with Gasteiger partial charge in [0.25, 0.3) is 5.91 Å². The summed E-state index contributed by atoms with van der Waals surface area (Å²) in [7, 11) is -3.47. The maximum atomic E-state index is 12.4. The van der Waals surface area contributed by atoms with Gasteiger partial charge < -0.3 is 0 Å². The molecule has 8 heteroatoms. The molecule has 1 atom stereocenters. The van der Waals surface area contributed by atoms with E-state index in [-0.39, 0.29) is 12.3 Å². The lowest BCUT2D eigenvalue weighted by Crippen LogP contribution is -2.55. The van der Waals surface area contributed by atoms with Crippen LogP contribution in [0.15, 0.2) is 42.5 Å². The highest BCUT2D eigenvalue weighted by Gasteiger charge is 2.34. The van der Waals surface area contributed by atoms with Crippen molar-refractivity contribution in [2.24, 2.45) is 0 Å². The van der Waals surface area contributed by atoms with E-state index < -0.39 is 22.0 Å². The molecular formula is C19H23N3O4S. The third kappa shape index (κ3) is 4.64. The minimum absolute atomic E-state index is 0.113. The Morgan fingerprint density at radius 3 is 2.59 bits per heavy atom. The zero-order chi connectivity index (χ0) is 19.4. The number of sulfonamides is 1. The number of benzene rings is 2. The lowest BCUT2D eigenvalue weighted by atomic mass is 10.0. The molecule has 2 aromatic rings. The number of hydrazine groups is 1. The topological polar surface area (TPSA) is 95.6 Å². The zero-order valence-electron chi connectivity index (χ0n) is 15.1. The highest BCUT2D eigenvalue weighted by Crippen LogP contribution is 2.20. The predicted octanol–water partition coefficient (Wildman–Crippen LogP) is 1.34. The number of carbonyl (C=O) groups excluding carboxylic acids is 2. The fraction of sp³-hybridized carbons (Fsp3) is 0.368. The van der Waals surface area contributed by atoms with Crippen LogP contribution in [0.4, 0.5) is 0 Å². The van der Waals surface area contributed by atoms with Crippen molar-refractivity contribution in [1.29, 1.82) is 0 Å². The van der Waals surface area contributed by atoms with Crippen molar-refractivity contribution in [3.8, 4) is 0 Å². The average molecular weight is 389 g/mol. The number of nitrogens with one attached hydrogen (secondary N) is 2. The van der Waals surface area contributed by atoms with Crippen LogP contribution in [0.1, 0.15) is 24.8 Å². The first-order valence-electron chi connectivity index (χ1n) is 8.88. The van der Waals surface area contributed by atoms with Crippen LogP contribution in [0.3, 0.4) is 0 Å². The average Bonchev–Trinajstić information content (AvgIpc) is 2.66. The van der Waals surface area contributed by atoms with E-state index in [9.17, 15) is 18.0 Å². The molecule has 2 aromatic carbocycles. The van der Waals surface area contributed by atoms with Crippen LogP contribution in [0.25, 0.3) is 10.8 Å². The Hall–Kier alpha value is -2.45. The second-order valence-corrected chi connectivity index (χ2v) is 8.67. The van der Waals surface area contributed by atoms with Gasteiger partial charge in [0.2, 0.25) is 15.9 Å². The fourth-order valence-corrected chi connectivity index (χ4v) is 4.57. The summed E-state index contributed by atoms with van der Waals surface area (Å²) in [5.41, 5.74) is 5.64. The van der Waals surface area contributed by atoms with Gasteiger partial charge in [0.15, 0.2) is 0 Å². The van der Waals surface area contributed by atoms with E-state index >= 15 is 0 Å². The van der Waals surface area contributed by atoms with Gasteiger partial charge in [-0.2, -0.15) is 4.31 Å². The summed E-state index contributed by atoms with van der Waals surface area (Å²) in [4.78, 5) is 24.7.